The number of anilines is 1. The van der Waals surface area contributed by atoms with Gasteiger partial charge in [-0.25, -0.2) is 13.1 Å². The minimum absolute atomic E-state index is 0.0819. The Kier molecular flexibility index (Phi) is 4.68. The number of benzene rings is 2. The monoisotopic (exact) mass is 330 g/mol. The summed E-state index contributed by atoms with van der Waals surface area (Å²) in [4.78, 5) is 0.327. The van der Waals surface area contributed by atoms with Crippen LogP contribution in [-0.4, -0.2) is 20.5 Å². The van der Waals surface area contributed by atoms with E-state index in [1.165, 1.54) is 0 Å². The smallest absolute Gasteiger partial charge is 0.240 e. The maximum absolute atomic E-state index is 12.6. The van der Waals surface area contributed by atoms with Crippen molar-refractivity contribution in [2.45, 2.75) is 43.2 Å². The van der Waals surface area contributed by atoms with Crippen LogP contribution in [0.25, 0.3) is 0 Å². The van der Waals surface area contributed by atoms with Crippen LogP contribution in [0.5, 0.6) is 0 Å². The third-order valence-electron chi connectivity index (χ3n) is 4.28. The molecule has 0 amide bonds. The number of hydrogen-bond donors (Lipinski definition) is 2. The minimum Gasteiger partial charge on any atom is -0.381 e. The molecule has 2 aromatic rings. The third kappa shape index (κ3) is 3.92. The average Bonchev–Trinajstić information content (AvgIpc) is 2.95. The van der Waals surface area contributed by atoms with E-state index in [0.717, 1.165) is 30.5 Å². The van der Waals surface area contributed by atoms with Crippen molar-refractivity contribution < 1.29 is 8.42 Å². The van der Waals surface area contributed by atoms with E-state index in [4.69, 9.17) is 0 Å². The number of para-hydroxylation sites is 1. The molecule has 2 N–H and O–H groups in total. The molecule has 2 atom stereocenters. The van der Waals surface area contributed by atoms with Crippen LogP contribution in [-0.2, 0) is 10.0 Å². The van der Waals surface area contributed by atoms with Crippen molar-refractivity contribution in [2.75, 3.05) is 5.32 Å². The first-order chi connectivity index (χ1) is 11.0. The predicted octanol–water partition coefficient (Wildman–Crippen LogP) is 3.31. The Hall–Kier alpha value is -1.85. The minimum atomic E-state index is -3.48. The Morgan fingerprint density at radius 3 is 2.26 bits per heavy atom. The number of rotatable bonds is 5. The fourth-order valence-corrected chi connectivity index (χ4v) is 4.32. The summed E-state index contributed by atoms with van der Waals surface area (Å²) in [5.41, 5.74) is 2.08. The third-order valence-corrected chi connectivity index (χ3v) is 5.79. The van der Waals surface area contributed by atoms with Gasteiger partial charge in [0.15, 0.2) is 0 Å². The lowest BCUT2D eigenvalue weighted by Crippen LogP contribution is -2.43. The Bertz CT molecular complexity index is 742. The van der Waals surface area contributed by atoms with Gasteiger partial charge in [0, 0.05) is 17.8 Å². The quantitative estimate of drug-likeness (QED) is 0.884. The SMILES string of the molecule is Cc1ccc(S(=O)(=O)N[C@H]2CCC[C@@H]2Nc2ccccc2)cc1. The van der Waals surface area contributed by atoms with Crippen molar-refractivity contribution in [2.24, 2.45) is 0 Å². The summed E-state index contributed by atoms with van der Waals surface area (Å²) in [6.07, 6.45) is 2.84. The Morgan fingerprint density at radius 2 is 1.57 bits per heavy atom. The van der Waals surface area contributed by atoms with E-state index in [1.54, 1.807) is 12.1 Å². The molecule has 0 aliphatic heterocycles. The van der Waals surface area contributed by atoms with Gasteiger partial charge in [0.1, 0.15) is 0 Å². The molecule has 1 saturated carbocycles. The van der Waals surface area contributed by atoms with E-state index in [-0.39, 0.29) is 12.1 Å². The second kappa shape index (κ2) is 6.72. The van der Waals surface area contributed by atoms with E-state index < -0.39 is 10.0 Å². The van der Waals surface area contributed by atoms with Crippen molar-refractivity contribution in [3.8, 4) is 0 Å². The van der Waals surface area contributed by atoms with Crippen LogP contribution in [0.4, 0.5) is 5.69 Å². The molecule has 122 valence electrons. The zero-order valence-electron chi connectivity index (χ0n) is 13.2. The molecule has 4 nitrogen and oxygen atoms in total. The highest BCUT2D eigenvalue weighted by molar-refractivity contribution is 7.89. The number of aryl methyl sites for hydroxylation is 1. The first-order valence-corrected chi connectivity index (χ1v) is 9.43. The van der Waals surface area contributed by atoms with Crippen molar-refractivity contribution in [1.29, 1.82) is 0 Å². The molecule has 0 spiro atoms. The lowest BCUT2D eigenvalue weighted by Gasteiger charge is -2.23. The fourth-order valence-electron chi connectivity index (χ4n) is 3.01. The predicted molar refractivity (Wildman–Crippen MR) is 93.0 cm³/mol. The van der Waals surface area contributed by atoms with Gasteiger partial charge in [0.25, 0.3) is 0 Å². The molecular formula is C18H22N2O2S. The molecule has 0 heterocycles. The second-order valence-corrected chi connectivity index (χ2v) is 7.80. The van der Waals surface area contributed by atoms with Crippen molar-refractivity contribution in [3.05, 3.63) is 60.2 Å². The van der Waals surface area contributed by atoms with Crippen LogP contribution in [0.15, 0.2) is 59.5 Å². The van der Waals surface area contributed by atoms with Crippen LogP contribution in [0, 0.1) is 6.92 Å². The molecule has 1 aliphatic carbocycles. The molecule has 0 saturated heterocycles. The summed E-state index contributed by atoms with van der Waals surface area (Å²) in [5, 5.41) is 3.45. The summed E-state index contributed by atoms with van der Waals surface area (Å²) in [5.74, 6) is 0. The van der Waals surface area contributed by atoms with Gasteiger partial charge in [0.2, 0.25) is 10.0 Å². The van der Waals surface area contributed by atoms with E-state index in [9.17, 15) is 8.42 Å². The maximum Gasteiger partial charge on any atom is 0.240 e. The highest BCUT2D eigenvalue weighted by Crippen LogP contribution is 2.24. The molecule has 23 heavy (non-hydrogen) atoms. The number of nitrogens with one attached hydrogen (secondary N) is 2. The van der Waals surface area contributed by atoms with Crippen molar-refractivity contribution in [3.63, 3.8) is 0 Å². The molecule has 0 radical (unpaired) electrons. The van der Waals surface area contributed by atoms with Gasteiger partial charge in [-0.1, -0.05) is 35.9 Å². The summed E-state index contributed by atoms with van der Waals surface area (Å²) >= 11 is 0. The molecule has 1 fully saturated rings. The van der Waals surface area contributed by atoms with Crippen LogP contribution in [0.2, 0.25) is 0 Å². The van der Waals surface area contributed by atoms with Gasteiger partial charge < -0.3 is 5.32 Å². The number of sulfonamides is 1. The van der Waals surface area contributed by atoms with Crippen LogP contribution < -0.4 is 10.0 Å². The van der Waals surface area contributed by atoms with Gasteiger partial charge >= 0.3 is 0 Å². The Balaban J connectivity index is 1.72. The summed E-state index contributed by atoms with van der Waals surface area (Å²) in [6.45, 7) is 1.95. The lowest BCUT2D eigenvalue weighted by atomic mass is 10.2. The van der Waals surface area contributed by atoms with Crippen molar-refractivity contribution in [1.82, 2.24) is 4.72 Å². The topological polar surface area (TPSA) is 58.2 Å². The molecular weight excluding hydrogens is 308 g/mol. The van der Waals surface area contributed by atoms with E-state index in [1.807, 2.05) is 49.4 Å². The zero-order valence-corrected chi connectivity index (χ0v) is 14.0. The van der Waals surface area contributed by atoms with Gasteiger partial charge in [-0.3, -0.25) is 0 Å². The van der Waals surface area contributed by atoms with Gasteiger partial charge in [-0.15, -0.1) is 0 Å². The maximum atomic E-state index is 12.6. The van der Waals surface area contributed by atoms with Crippen LogP contribution >= 0.6 is 0 Å². The van der Waals surface area contributed by atoms with Gasteiger partial charge in [-0.2, -0.15) is 0 Å². The molecule has 0 bridgehead atoms. The van der Waals surface area contributed by atoms with E-state index in [2.05, 4.69) is 10.0 Å². The summed E-state index contributed by atoms with van der Waals surface area (Å²) < 4.78 is 28.0. The van der Waals surface area contributed by atoms with Crippen LogP contribution in [0.3, 0.4) is 0 Å². The highest BCUT2D eigenvalue weighted by Gasteiger charge is 2.31. The van der Waals surface area contributed by atoms with Gasteiger partial charge in [0.05, 0.1) is 4.90 Å². The van der Waals surface area contributed by atoms with E-state index in [0.29, 0.717) is 4.90 Å². The van der Waals surface area contributed by atoms with Crippen LogP contribution in [0.1, 0.15) is 24.8 Å². The zero-order chi connectivity index (χ0) is 16.3. The normalized spacial score (nSPS) is 21.3. The Morgan fingerprint density at radius 1 is 0.913 bits per heavy atom. The largest absolute Gasteiger partial charge is 0.381 e. The lowest BCUT2D eigenvalue weighted by molar-refractivity contribution is 0.535. The molecule has 3 rings (SSSR count). The van der Waals surface area contributed by atoms with Gasteiger partial charge in [-0.05, 0) is 50.5 Å². The second-order valence-electron chi connectivity index (χ2n) is 6.09. The van der Waals surface area contributed by atoms with E-state index >= 15 is 0 Å². The molecule has 5 heteroatoms. The fraction of sp³-hybridized carbons (Fsp3) is 0.333. The standard InChI is InChI=1S/C18H22N2O2S/c1-14-10-12-16(13-11-14)23(21,22)20-18-9-5-8-17(18)19-15-6-3-2-4-7-15/h2-4,6-7,10-13,17-20H,5,8-9H2,1H3/t17-,18-/m0/s1. The highest BCUT2D eigenvalue weighted by atomic mass is 32.2. The molecule has 0 unspecified atom stereocenters. The van der Waals surface area contributed by atoms with Crippen molar-refractivity contribution >= 4 is 15.7 Å². The first kappa shape index (κ1) is 16.0. The molecule has 2 aromatic carbocycles. The molecule has 0 aromatic heterocycles. The molecule has 1 aliphatic rings. The summed E-state index contributed by atoms with van der Waals surface area (Å²) in [6, 6.07) is 16.9. The first-order valence-electron chi connectivity index (χ1n) is 7.95. The number of hydrogen-bond acceptors (Lipinski definition) is 3. The Labute approximate surface area is 138 Å². The summed E-state index contributed by atoms with van der Waals surface area (Å²) in [7, 11) is -3.48. The average molecular weight is 330 g/mol.